The van der Waals surface area contributed by atoms with E-state index in [4.69, 9.17) is 5.11 Å². The number of aliphatic carboxylic acids is 1. The summed E-state index contributed by atoms with van der Waals surface area (Å²) in [6.07, 6.45) is 13.2. The number of rotatable bonds is 10. The molecule has 2 aromatic rings. The molecule has 2 rings (SSSR count). The highest BCUT2D eigenvalue weighted by molar-refractivity contribution is 5.66. The van der Waals surface area contributed by atoms with Crippen LogP contribution in [0.5, 0.6) is 0 Å². The molecule has 0 aliphatic heterocycles. The Labute approximate surface area is 234 Å². The number of H-pyrrole nitrogens is 1. The predicted octanol–water partition coefficient (Wildman–Crippen LogP) is 7.11. The number of halogens is 1. The lowest BCUT2D eigenvalue weighted by Gasteiger charge is -2.22. The second-order valence-electron chi connectivity index (χ2n) is 8.18. The van der Waals surface area contributed by atoms with E-state index in [1.54, 1.807) is 30.7 Å². The van der Waals surface area contributed by atoms with Gasteiger partial charge in [-0.2, -0.15) is 0 Å². The van der Waals surface area contributed by atoms with Crippen LogP contribution in [0, 0.1) is 19.8 Å². The molecule has 8 nitrogen and oxygen atoms in total. The average molecular weight is 543 g/mol. The van der Waals surface area contributed by atoms with Gasteiger partial charge in [0.25, 0.3) is 0 Å². The number of carbonyl (C=O) groups is 1. The second kappa shape index (κ2) is 24.5. The van der Waals surface area contributed by atoms with Gasteiger partial charge in [0.1, 0.15) is 6.67 Å². The Bertz CT molecular complexity index is 1020. The van der Waals surface area contributed by atoms with Crippen molar-refractivity contribution in [2.75, 3.05) is 24.7 Å². The Morgan fingerprint density at radius 2 is 1.85 bits per heavy atom. The molecule has 1 atom stereocenters. The molecule has 0 amide bonds. The highest BCUT2D eigenvalue weighted by Crippen LogP contribution is 2.12. The number of anilines is 1. The van der Waals surface area contributed by atoms with Crippen LogP contribution in [-0.2, 0) is 4.79 Å². The van der Waals surface area contributed by atoms with E-state index < -0.39 is 12.6 Å². The van der Waals surface area contributed by atoms with Crippen LogP contribution < -0.4 is 4.90 Å². The van der Waals surface area contributed by atoms with Crippen molar-refractivity contribution in [2.24, 2.45) is 5.92 Å². The van der Waals surface area contributed by atoms with Gasteiger partial charge in [-0.25, -0.2) is 24.3 Å². The number of carboxylic acids is 1. The van der Waals surface area contributed by atoms with Crippen molar-refractivity contribution in [3.05, 3.63) is 85.5 Å². The fourth-order valence-corrected chi connectivity index (χ4v) is 2.68. The number of aromatic nitrogens is 5. The summed E-state index contributed by atoms with van der Waals surface area (Å²) in [6.45, 7) is 21.8. The summed E-state index contributed by atoms with van der Waals surface area (Å²) in [5.74, 6) is 0.448. The molecule has 1 unspecified atom stereocenters. The van der Waals surface area contributed by atoms with Crippen LogP contribution in [-0.4, -0.2) is 55.8 Å². The number of allylic oxidation sites excluding steroid dienone is 4. The Morgan fingerprint density at radius 1 is 1.21 bits per heavy atom. The molecule has 0 spiro atoms. The third kappa shape index (κ3) is 19.8. The molecule has 216 valence electrons. The van der Waals surface area contributed by atoms with E-state index in [9.17, 15) is 9.18 Å². The van der Waals surface area contributed by atoms with Gasteiger partial charge in [-0.3, -0.25) is 4.79 Å². The van der Waals surface area contributed by atoms with Crippen LogP contribution in [0.2, 0.25) is 0 Å². The molecule has 0 fully saturated rings. The zero-order valence-electron chi connectivity index (χ0n) is 24.7. The van der Waals surface area contributed by atoms with Crippen molar-refractivity contribution in [3.8, 4) is 0 Å². The lowest BCUT2D eigenvalue weighted by Crippen LogP contribution is -2.27. The Kier molecular flexibility index (Phi) is 23.4. The number of carboxylic acid groups (broad SMARTS) is 1. The van der Waals surface area contributed by atoms with Gasteiger partial charge in [-0.15, -0.1) is 0 Å². The number of hydrogen-bond donors (Lipinski definition) is 2. The molecule has 0 radical (unpaired) electrons. The molecular weight excluding hydrogens is 495 g/mol. The van der Waals surface area contributed by atoms with Crippen molar-refractivity contribution in [1.29, 1.82) is 0 Å². The summed E-state index contributed by atoms with van der Waals surface area (Å²) in [4.78, 5) is 32.1. The maximum atomic E-state index is 12.3. The highest BCUT2D eigenvalue weighted by Gasteiger charge is 2.12. The zero-order chi connectivity index (χ0) is 30.1. The summed E-state index contributed by atoms with van der Waals surface area (Å²) >= 11 is 0. The number of hydrogen-bond acceptors (Lipinski definition) is 6. The van der Waals surface area contributed by atoms with E-state index >= 15 is 0 Å². The van der Waals surface area contributed by atoms with Gasteiger partial charge in [0.15, 0.2) is 5.82 Å². The summed E-state index contributed by atoms with van der Waals surface area (Å²) in [5.41, 5.74) is 2.24. The van der Waals surface area contributed by atoms with E-state index in [-0.39, 0.29) is 17.9 Å². The number of nitrogens with zero attached hydrogens (tertiary/aromatic N) is 5. The minimum Gasteiger partial charge on any atom is -0.481 e. The number of aromatic amines is 1. The smallest absolute Gasteiger partial charge is 0.303 e. The molecule has 0 saturated carbocycles. The van der Waals surface area contributed by atoms with E-state index in [0.29, 0.717) is 11.8 Å². The van der Waals surface area contributed by atoms with Crippen LogP contribution in [0.1, 0.15) is 64.5 Å². The summed E-state index contributed by atoms with van der Waals surface area (Å²) in [7, 11) is 0. The van der Waals surface area contributed by atoms with Gasteiger partial charge >= 0.3 is 5.97 Å². The van der Waals surface area contributed by atoms with E-state index in [1.807, 2.05) is 66.7 Å². The fourth-order valence-electron chi connectivity index (χ4n) is 2.68. The summed E-state index contributed by atoms with van der Waals surface area (Å²) in [6, 6.07) is 3.60. The first-order chi connectivity index (χ1) is 18.7. The molecule has 0 aliphatic rings. The minimum absolute atomic E-state index is 0.169. The van der Waals surface area contributed by atoms with Gasteiger partial charge in [0.05, 0.1) is 6.33 Å². The van der Waals surface area contributed by atoms with Crippen molar-refractivity contribution in [2.45, 2.75) is 61.3 Å². The maximum Gasteiger partial charge on any atom is 0.303 e. The van der Waals surface area contributed by atoms with E-state index in [0.717, 1.165) is 30.8 Å². The Hall–Kier alpha value is -3.88. The quantitative estimate of drug-likeness (QED) is 0.308. The molecule has 9 heteroatoms. The highest BCUT2D eigenvalue weighted by atomic mass is 19.1. The third-order valence-electron chi connectivity index (χ3n) is 4.76. The molecule has 2 heterocycles. The molecule has 2 N–H and O–H groups in total. The van der Waals surface area contributed by atoms with Crippen molar-refractivity contribution in [1.82, 2.24) is 24.9 Å². The number of nitrogens with one attached hydrogen (secondary N) is 1. The third-order valence-corrected chi connectivity index (χ3v) is 4.76. The molecule has 2 aromatic heterocycles. The summed E-state index contributed by atoms with van der Waals surface area (Å²) < 4.78 is 12.3. The predicted molar refractivity (Wildman–Crippen MR) is 161 cm³/mol. The number of alkyl halides is 1. The fraction of sp³-hybridized carbons (Fsp3) is 0.433. The summed E-state index contributed by atoms with van der Waals surface area (Å²) in [5, 5.41) is 8.72. The Morgan fingerprint density at radius 3 is 2.33 bits per heavy atom. The SMILES string of the molecule is C=C(CF)c1ncccc(C)[nH]cn1.C=C/C=C\C.CC.CCN(CCC(C)CC(=O)O)c1ncc(C)cn1. The monoisotopic (exact) mass is 542 g/mol. The molecule has 0 bridgehead atoms. The van der Waals surface area contributed by atoms with Crippen molar-refractivity contribution < 1.29 is 14.3 Å². The van der Waals surface area contributed by atoms with Crippen LogP contribution >= 0.6 is 0 Å². The van der Waals surface area contributed by atoms with Crippen LogP contribution in [0.4, 0.5) is 10.3 Å². The molecule has 39 heavy (non-hydrogen) atoms. The molecule has 0 saturated heterocycles. The van der Waals surface area contributed by atoms with Crippen LogP contribution in [0.15, 0.2) is 68.4 Å². The van der Waals surface area contributed by atoms with Gasteiger partial charge in [0.2, 0.25) is 5.95 Å². The lowest BCUT2D eigenvalue weighted by molar-refractivity contribution is -0.138. The Balaban J connectivity index is 0. The second-order valence-corrected chi connectivity index (χ2v) is 8.18. The van der Waals surface area contributed by atoms with Crippen molar-refractivity contribution >= 4 is 17.5 Å². The first kappa shape index (κ1) is 37.3. The normalized spacial score (nSPS) is 10.3. The van der Waals surface area contributed by atoms with Crippen LogP contribution in [0.25, 0.3) is 5.57 Å². The van der Waals surface area contributed by atoms with Gasteiger partial charge in [-0.05, 0) is 57.7 Å². The number of aryl methyl sites for hydroxylation is 2. The first-order valence-corrected chi connectivity index (χ1v) is 13.1. The average Bonchev–Trinajstić information content (AvgIpc) is 3.03. The standard InChI is InChI=1S/C13H21N3O2.C10H12FN3.C5H8.C2H6/c1-4-16(6-5-10(2)7-12(17)18)13-14-8-11(3)9-15-13;1-8(6-11)10-12-5-3-4-9(2)13-7-14-10;1-3-5-4-2;1-2/h8-10H,4-7H2,1-3H3,(H,17,18);3-5,7H,1,6H2,2H3,(H,12,13,14);3-5H,1H2,2H3;1-2H3/b;;5-4-;. The lowest BCUT2D eigenvalue weighted by atomic mass is 10.0. The van der Waals surface area contributed by atoms with Crippen LogP contribution in [0.3, 0.4) is 0 Å². The maximum absolute atomic E-state index is 12.3. The molecule has 0 aromatic carbocycles. The minimum atomic E-state index is -0.739. The van der Waals surface area contributed by atoms with Gasteiger partial charge < -0.3 is 15.0 Å². The largest absolute Gasteiger partial charge is 0.481 e. The first-order valence-electron chi connectivity index (χ1n) is 13.1. The van der Waals surface area contributed by atoms with Gasteiger partial charge in [-0.1, -0.05) is 52.2 Å². The van der Waals surface area contributed by atoms with Gasteiger partial charge in [0, 0.05) is 49.4 Å². The zero-order valence-corrected chi connectivity index (χ0v) is 24.7. The van der Waals surface area contributed by atoms with E-state index in [1.165, 1.54) is 6.33 Å². The van der Waals surface area contributed by atoms with E-state index in [2.05, 4.69) is 43.0 Å². The molecule has 0 aliphatic carbocycles. The molecular formula is C30H47FN6O2. The topological polar surface area (TPSA) is 108 Å². The van der Waals surface area contributed by atoms with Crippen molar-refractivity contribution in [3.63, 3.8) is 0 Å².